The van der Waals surface area contributed by atoms with E-state index in [1.165, 1.54) is 25.3 Å². The van der Waals surface area contributed by atoms with Gasteiger partial charge < -0.3 is 4.74 Å². The summed E-state index contributed by atoms with van der Waals surface area (Å²) in [6.07, 6.45) is 0. The highest BCUT2D eigenvalue weighted by Gasteiger charge is 2.19. The van der Waals surface area contributed by atoms with Crippen molar-refractivity contribution in [1.29, 1.82) is 0 Å². The Bertz CT molecular complexity index is 684. The highest BCUT2D eigenvalue weighted by molar-refractivity contribution is 7.91. The van der Waals surface area contributed by atoms with Gasteiger partial charge in [-0.3, -0.25) is 4.79 Å². The van der Waals surface area contributed by atoms with E-state index in [1.807, 2.05) is 0 Å². The molecular weight excluding hydrogens is 256 g/mol. The van der Waals surface area contributed by atoms with Gasteiger partial charge in [0.15, 0.2) is 5.03 Å². The third-order valence-electron chi connectivity index (χ3n) is 2.30. The average Bonchev–Trinajstić information content (AvgIpc) is 2.39. The summed E-state index contributed by atoms with van der Waals surface area (Å²) in [5.41, 5.74) is -0.455. The highest BCUT2D eigenvalue weighted by Crippen LogP contribution is 2.20. The summed E-state index contributed by atoms with van der Waals surface area (Å²) in [7, 11) is -2.22. The molecule has 7 heteroatoms. The smallest absolute Gasteiger partial charge is 0.264 e. The van der Waals surface area contributed by atoms with Crippen LogP contribution in [0.4, 0.5) is 0 Å². The number of methoxy groups -OCH3 is 1. The van der Waals surface area contributed by atoms with E-state index in [9.17, 15) is 13.2 Å². The first kappa shape index (κ1) is 12.3. The number of nitrogens with one attached hydrogen (secondary N) is 1. The summed E-state index contributed by atoms with van der Waals surface area (Å²) in [6.45, 7) is 0. The Morgan fingerprint density at radius 2 is 1.78 bits per heavy atom. The predicted molar refractivity (Wildman–Crippen MR) is 63.3 cm³/mol. The van der Waals surface area contributed by atoms with Crippen molar-refractivity contribution in [1.82, 2.24) is 10.2 Å². The molecule has 94 valence electrons. The van der Waals surface area contributed by atoms with E-state index in [0.29, 0.717) is 5.75 Å². The highest BCUT2D eigenvalue weighted by atomic mass is 32.2. The number of nitrogens with zero attached hydrogens (tertiary/aromatic N) is 1. The third-order valence-corrected chi connectivity index (χ3v) is 3.97. The van der Waals surface area contributed by atoms with Crippen LogP contribution < -0.4 is 10.3 Å². The molecule has 0 atom stereocenters. The monoisotopic (exact) mass is 266 g/mol. The van der Waals surface area contributed by atoms with Gasteiger partial charge in [0.05, 0.1) is 12.0 Å². The molecule has 0 aliphatic rings. The second kappa shape index (κ2) is 4.61. The number of sulfone groups is 1. The average molecular weight is 266 g/mol. The van der Waals surface area contributed by atoms with Crippen LogP contribution in [0.1, 0.15) is 0 Å². The second-order valence-electron chi connectivity index (χ2n) is 3.44. The van der Waals surface area contributed by atoms with Crippen molar-refractivity contribution < 1.29 is 13.2 Å². The topological polar surface area (TPSA) is 89.1 Å². The number of benzene rings is 1. The first-order valence-electron chi connectivity index (χ1n) is 4.99. The van der Waals surface area contributed by atoms with E-state index in [-0.39, 0.29) is 9.92 Å². The Morgan fingerprint density at radius 1 is 1.11 bits per heavy atom. The lowest BCUT2D eigenvalue weighted by Gasteiger charge is -2.04. The molecule has 0 aliphatic heterocycles. The van der Waals surface area contributed by atoms with Gasteiger partial charge in [0.2, 0.25) is 9.84 Å². The maximum absolute atomic E-state index is 12.1. The zero-order valence-corrected chi connectivity index (χ0v) is 10.3. The molecular formula is C11H10N2O4S. The van der Waals surface area contributed by atoms with Crippen molar-refractivity contribution in [3.8, 4) is 5.75 Å². The molecule has 0 saturated heterocycles. The van der Waals surface area contributed by atoms with Gasteiger partial charge >= 0.3 is 0 Å². The molecule has 0 saturated carbocycles. The van der Waals surface area contributed by atoms with E-state index in [2.05, 4.69) is 10.2 Å². The van der Waals surface area contributed by atoms with Gasteiger partial charge in [-0.2, -0.15) is 5.10 Å². The lowest BCUT2D eigenvalue weighted by Crippen LogP contribution is -2.11. The minimum atomic E-state index is -3.72. The summed E-state index contributed by atoms with van der Waals surface area (Å²) in [4.78, 5) is 10.9. The number of rotatable bonds is 3. The van der Waals surface area contributed by atoms with E-state index < -0.39 is 15.4 Å². The van der Waals surface area contributed by atoms with Gasteiger partial charge in [0.1, 0.15) is 5.75 Å². The fourth-order valence-electron chi connectivity index (χ4n) is 1.36. The van der Waals surface area contributed by atoms with Crippen LogP contribution in [0, 0.1) is 0 Å². The third kappa shape index (κ3) is 2.25. The van der Waals surface area contributed by atoms with Crippen LogP contribution in [-0.2, 0) is 9.84 Å². The normalized spacial score (nSPS) is 11.2. The van der Waals surface area contributed by atoms with Crippen LogP contribution in [0.5, 0.6) is 5.75 Å². The summed E-state index contributed by atoms with van der Waals surface area (Å²) in [6, 6.07) is 8.20. The Labute approximate surface area is 103 Å². The van der Waals surface area contributed by atoms with Crippen LogP contribution in [0.3, 0.4) is 0 Å². The fraction of sp³-hybridized carbons (Fsp3) is 0.0909. The largest absolute Gasteiger partial charge is 0.497 e. The second-order valence-corrected chi connectivity index (χ2v) is 5.33. The lowest BCUT2D eigenvalue weighted by molar-refractivity contribution is 0.414. The van der Waals surface area contributed by atoms with Gasteiger partial charge in [-0.15, -0.1) is 0 Å². The molecule has 18 heavy (non-hydrogen) atoms. The molecule has 2 rings (SSSR count). The number of aromatic amines is 1. The summed E-state index contributed by atoms with van der Waals surface area (Å²) in [5, 5.41) is 5.40. The van der Waals surface area contributed by atoms with Crippen molar-refractivity contribution >= 4 is 9.84 Å². The lowest BCUT2D eigenvalue weighted by atomic mass is 10.3. The summed E-state index contributed by atoms with van der Waals surface area (Å²) < 4.78 is 29.2. The fourth-order valence-corrected chi connectivity index (χ4v) is 2.51. The molecule has 0 bridgehead atoms. The zero-order valence-electron chi connectivity index (χ0n) is 9.45. The maximum atomic E-state index is 12.1. The first-order valence-corrected chi connectivity index (χ1v) is 6.47. The summed E-state index contributed by atoms with van der Waals surface area (Å²) in [5.74, 6) is 0.559. The number of H-pyrrole nitrogens is 1. The van der Waals surface area contributed by atoms with Crippen LogP contribution in [0.2, 0.25) is 0 Å². The number of hydrogen-bond acceptors (Lipinski definition) is 5. The Balaban J connectivity index is 2.47. The molecule has 2 aromatic rings. The first-order chi connectivity index (χ1) is 8.54. The van der Waals surface area contributed by atoms with Crippen molar-refractivity contribution in [3.05, 3.63) is 46.8 Å². The molecule has 0 aliphatic carbocycles. The van der Waals surface area contributed by atoms with Crippen molar-refractivity contribution in [2.24, 2.45) is 0 Å². The summed E-state index contributed by atoms with van der Waals surface area (Å²) >= 11 is 0. The van der Waals surface area contributed by atoms with E-state index in [0.717, 1.165) is 6.07 Å². The van der Waals surface area contributed by atoms with Gasteiger partial charge in [0, 0.05) is 6.07 Å². The molecule has 0 unspecified atom stereocenters. The molecule has 1 aromatic carbocycles. The Morgan fingerprint density at radius 3 is 2.28 bits per heavy atom. The van der Waals surface area contributed by atoms with Crippen molar-refractivity contribution in [2.45, 2.75) is 9.92 Å². The van der Waals surface area contributed by atoms with E-state index in [1.54, 1.807) is 12.1 Å². The van der Waals surface area contributed by atoms with Crippen molar-refractivity contribution in [2.75, 3.05) is 7.11 Å². The Kier molecular flexibility index (Phi) is 3.15. The molecule has 1 aromatic heterocycles. The van der Waals surface area contributed by atoms with Crippen LogP contribution in [0.15, 0.2) is 51.1 Å². The molecule has 1 heterocycles. The molecule has 0 spiro atoms. The van der Waals surface area contributed by atoms with Gasteiger partial charge in [-0.05, 0) is 30.3 Å². The molecule has 6 nitrogen and oxygen atoms in total. The minimum Gasteiger partial charge on any atom is -0.497 e. The molecule has 0 fully saturated rings. The van der Waals surface area contributed by atoms with E-state index >= 15 is 0 Å². The standard InChI is InChI=1S/C11H10N2O4S/c1-17-8-2-4-9(5-3-8)18(15,16)11-7-6-10(14)12-13-11/h2-7H,1H3,(H,12,14). The van der Waals surface area contributed by atoms with Crippen LogP contribution in [0.25, 0.3) is 0 Å². The maximum Gasteiger partial charge on any atom is 0.264 e. The number of hydrogen-bond donors (Lipinski definition) is 1. The van der Waals surface area contributed by atoms with Crippen molar-refractivity contribution in [3.63, 3.8) is 0 Å². The molecule has 0 amide bonds. The van der Waals surface area contributed by atoms with Gasteiger partial charge in [-0.25, -0.2) is 13.5 Å². The molecule has 0 radical (unpaired) electrons. The SMILES string of the molecule is COc1ccc(S(=O)(=O)c2ccc(=O)[nH]n2)cc1. The number of aromatic nitrogens is 2. The van der Waals surface area contributed by atoms with E-state index in [4.69, 9.17) is 4.74 Å². The van der Waals surface area contributed by atoms with Gasteiger partial charge in [0.25, 0.3) is 5.56 Å². The Hall–Kier alpha value is -2.15. The minimum absolute atomic E-state index is 0.0860. The quantitative estimate of drug-likeness (QED) is 0.879. The molecule has 1 N–H and O–H groups in total. The number of ether oxygens (including phenoxy) is 1. The zero-order chi connectivity index (χ0) is 13.2. The van der Waals surface area contributed by atoms with Gasteiger partial charge in [-0.1, -0.05) is 0 Å². The van der Waals surface area contributed by atoms with Crippen LogP contribution in [-0.4, -0.2) is 25.7 Å². The predicted octanol–water partition coefficient (Wildman–Crippen LogP) is 0.611. The van der Waals surface area contributed by atoms with Crippen LogP contribution >= 0.6 is 0 Å².